The summed E-state index contributed by atoms with van der Waals surface area (Å²) in [6.07, 6.45) is 3.69. The lowest BCUT2D eigenvalue weighted by molar-refractivity contribution is -0.122. The Hall–Kier alpha value is -2.28. The van der Waals surface area contributed by atoms with E-state index in [0.717, 1.165) is 39.0 Å². The molecule has 128 valence electrons. The molecule has 1 amide bonds. The van der Waals surface area contributed by atoms with Crippen LogP contribution >= 0.6 is 0 Å². The number of nitrogens with one attached hydrogen (secondary N) is 1. The average molecular weight is 328 g/mol. The van der Waals surface area contributed by atoms with Crippen molar-refractivity contribution in [1.29, 1.82) is 0 Å². The molecular weight excluding hydrogens is 304 g/mol. The molecule has 0 spiro atoms. The molecule has 1 N–H and O–H groups in total. The molecule has 1 aromatic carbocycles. The molecule has 7 nitrogen and oxygen atoms in total. The summed E-state index contributed by atoms with van der Waals surface area (Å²) in [6.45, 7) is 6.21. The van der Waals surface area contributed by atoms with Gasteiger partial charge in [-0.25, -0.2) is 4.68 Å². The quantitative estimate of drug-likeness (QED) is 0.856. The molecule has 0 radical (unpaired) electrons. The van der Waals surface area contributed by atoms with Crippen molar-refractivity contribution >= 4 is 5.91 Å². The Morgan fingerprint density at radius 2 is 2.00 bits per heavy atom. The molecule has 1 aliphatic rings. The maximum absolute atomic E-state index is 11.8. The van der Waals surface area contributed by atoms with Crippen LogP contribution in [-0.2, 0) is 17.9 Å². The molecule has 0 saturated carbocycles. The molecule has 0 atom stereocenters. The summed E-state index contributed by atoms with van der Waals surface area (Å²) in [7, 11) is 0. The number of hydrogen-bond acceptors (Lipinski definition) is 5. The van der Waals surface area contributed by atoms with Crippen LogP contribution in [0.4, 0.5) is 0 Å². The first kappa shape index (κ1) is 16.6. The fourth-order valence-electron chi connectivity index (χ4n) is 3.01. The molecule has 0 unspecified atom stereocenters. The summed E-state index contributed by atoms with van der Waals surface area (Å²) in [5.41, 5.74) is 2.67. The molecular formula is C17H24N6O. The molecule has 1 fully saturated rings. The minimum atomic E-state index is -0.0376. The lowest BCUT2D eigenvalue weighted by Gasteiger charge is -2.32. The Bertz CT molecular complexity index is 632. The number of nitrogens with zero attached hydrogens (tertiary/aromatic N) is 5. The van der Waals surface area contributed by atoms with Gasteiger partial charge in [0.25, 0.3) is 0 Å². The maximum Gasteiger partial charge on any atom is 0.241 e. The van der Waals surface area contributed by atoms with E-state index in [0.29, 0.717) is 5.92 Å². The van der Waals surface area contributed by atoms with Gasteiger partial charge in [-0.3, -0.25) is 9.69 Å². The maximum atomic E-state index is 11.8. The van der Waals surface area contributed by atoms with E-state index in [1.54, 1.807) is 0 Å². The molecule has 1 aromatic heterocycles. The van der Waals surface area contributed by atoms with Gasteiger partial charge in [0.05, 0.1) is 0 Å². The molecule has 0 bridgehead atoms. The van der Waals surface area contributed by atoms with E-state index < -0.39 is 0 Å². The largest absolute Gasteiger partial charge is 0.354 e. The first-order valence-corrected chi connectivity index (χ1v) is 8.44. The number of aryl methyl sites for hydroxylation is 1. The third kappa shape index (κ3) is 4.86. The Labute approximate surface area is 142 Å². The van der Waals surface area contributed by atoms with Gasteiger partial charge >= 0.3 is 0 Å². The number of benzene rings is 1. The van der Waals surface area contributed by atoms with Crippen molar-refractivity contribution in [3.63, 3.8) is 0 Å². The minimum Gasteiger partial charge on any atom is -0.354 e. The van der Waals surface area contributed by atoms with E-state index in [1.165, 1.54) is 22.1 Å². The summed E-state index contributed by atoms with van der Waals surface area (Å²) in [4.78, 5) is 14.3. The highest BCUT2D eigenvalue weighted by atomic mass is 16.2. The van der Waals surface area contributed by atoms with Crippen LogP contribution in [0.15, 0.2) is 30.6 Å². The van der Waals surface area contributed by atoms with Crippen molar-refractivity contribution in [1.82, 2.24) is 30.4 Å². The second-order valence-corrected chi connectivity index (χ2v) is 6.52. The van der Waals surface area contributed by atoms with Gasteiger partial charge in [-0.1, -0.05) is 29.8 Å². The molecule has 2 aromatic rings. The summed E-state index contributed by atoms with van der Waals surface area (Å²) in [6, 6.07) is 8.76. The van der Waals surface area contributed by atoms with Crippen LogP contribution < -0.4 is 5.32 Å². The van der Waals surface area contributed by atoms with Crippen molar-refractivity contribution in [3.05, 3.63) is 41.7 Å². The lowest BCUT2D eigenvalue weighted by Crippen LogP contribution is -2.39. The van der Waals surface area contributed by atoms with Gasteiger partial charge in [-0.15, -0.1) is 5.10 Å². The van der Waals surface area contributed by atoms with Gasteiger partial charge in [0, 0.05) is 13.1 Å². The van der Waals surface area contributed by atoms with Crippen molar-refractivity contribution < 1.29 is 4.79 Å². The van der Waals surface area contributed by atoms with E-state index in [4.69, 9.17) is 0 Å². The molecule has 0 aliphatic carbocycles. The van der Waals surface area contributed by atoms with Crippen LogP contribution in [0.25, 0.3) is 0 Å². The number of amides is 1. The molecule has 1 saturated heterocycles. The molecule has 1 aliphatic heterocycles. The Balaban J connectivity index is 1.36. The topological polar surface area (TPSA) is 75.9 Å². The third-order valence-corrected chi connectivity index (χ3v) is 4.52. The predicted molar refractivity (Wildman–Crippen MR) is 90.0 cm³/mol. The number of piperidine rings is 1. The number of carbonyl (C=O) groups excluding carboxylic acids is 1. The highest BCUT2D eigenvalue weighted by molar-refractivity contribution is 5.75. The van der Waals surface area contributed by atoms with Gasteiger partial charge in [-0.05, 0) is 54.8 Å². The van der Waals surface area contributed by atoms with E-state index in [2.05, 4.69) is 56.9 Å². The number of hydrogen-bond donors (Lipinski definition) is 1. The lowest BCUT2D eigenvalue weighted by atomic mass is 9.96. The zero-order valence-electron chi connectivity index (χ0n) is 14.1. The van der Waals surface area contributed by atoms with Gasteiger partial charge in [0.2, 0.25) is 5.91 Å². The summed E-state index contributed by atoms with van der Waals surface area (Å²) in [5, 5.41) is 13.7. The first-order valence-electron chi connectivity index (χ1n) is 8.44. The Morgan fingerprint density at radius 1 is 1.25 bits per heavy atom. The van der Waals surface area contributed by atoms with Gasteiger partial charge in [0.1, 0.15) is 12.9 Å². The van der Waals surface area contributed by atoms with Gasteiger partial charge < -0.3 is 5.32 Å². The highest BCUT2D eigenvalue weighted by Crippen LogP contribution is 2.18. The van der Waals surface area contributed by atoms with Crippen LogP contribution in [0.1, 0.15) is 24.0 Å². The molecule has 3 rings (SSSR count). The van der Waals surface area contributed by atoms with Crippen LogP contribution in [0.2, 0.25) is 0 Å². The highest BCUT2D eigenvalue weighted by Gasteiger charge is 2.19. The van der Waals surface area contributed by atoms with Crippen LogP contribution in [0.5, 0.6) is 0 Å². The van der Waals surface area contributed by atoms with Crippen molar-refractivity contribution in [2.24, 2.45) is 5.92 Å². The summed E-state index contributed by atoms with van der Waals surface area (Å²) in [5.74, 6) is 0.515. The standard InChI is InChI=1S/C17H24N6O/c1-14-2-4-16(5-3-14)11-22-8-6-15(7-9-22)10-18-17(24)12-23-13-19-20-21-23/h2-5,13,15H,6-12H2,1H3,(H,18,24). The SMILES string of the molecule is Cc1ccc(CN2CCC(CNC(=O)Cn3cnnn3)CC2)cc1. The second kappa shape index (κ2) is 8.01. The zero-order chi connectivity index (χ0) is 16.8. The first-order chi connectivity index (χ1) is 11.7. The molecule has 7 heteroatoms. The van der Waals surface area contributed by atoms with E-state index in [-0.39, 0.29) is 12.5 Å². The fourth-order valence-corrected chi connectivity index (χ4v) is 3.01. The van der Waals surface area contributed by atoms with E-state index in [9.17, 15) is 4.79 Å². The molecule has 2 heterocycles. The van der Waals surface area contributed by atoms with Gasteiger partial charge in [-0.2, -0.15) is 0 Å². The third-order valence-electron chi connectivity index (χ3n) is 4.52. The van der Waals surface area contributed by atoms with Crippen molar-refractivity contribution in [3.8, 4) is 0 Å². The number of rotatable bonds is 6. The number of aromatic nitrogens is 4. The monoisotopic (exact) mass is 328 g/mol. The second-order valence-electron chi connectivity index (χ2n) is 6.52. The smallest absolute Gasteiger partial charge is 0.241 e. The average Bonchev–Trinajstić information content (AvgIpc) is 3.09. The number of carbonyl (C=O) groups is 1. The Morgan fingerprint density at radius 3 is 2.67 bits per heavy atom. The van der Waals surface area contributed by atoms with E-state index >= 15 is 0 Å². The van der Waals surface area contributed by atoms with E-state index in [1.807, 2.05) is 0 Å². The summed E-state index contributed by atoms with van der Waals surface area (Å²) < 4.78 is 1.43. The fraction of sp³-hybridized carbons (Fsp3) is 0.529. The summed E-state index contributed by atoms with van der Waals surface area (Å²) >= 11 is 0. The zero-order valence-corrected chi connectivity index (χ0v) is 14.1. The van der Waals surface area contributed by atoms with Crippen molar-refractivity contribution in [2.75, 3.05) is 19.6 Å². The minimum absolute atomic E-state index is 0.0376. The van der Waals surface area contributed by atoms with Crippen molar-refractivity contribution in [2.45, 2.75) is 32.9 Å². The normalized spacial score (nSPS) is 16.2. The Kier molecular flexibility index (Phi) is 5.53. The number of likely N-dealkylation sites (tertiary alicyclic amines) is 1. The van der Waals surface area contributed by atoms with Crippen LogP contribution in [-0.4, -0.2) is 50.6 Å². The van der Waals surface area contributed by atoms with Gasteiger partial charge in [0.15, 0.2) is 0 Å². The van der Waals surface area contributed by atoms with Crippen LogP contribution in [0.3, 0.4) is 0 Å². The number of tetrazole rings is 1. The van der Waals surface area contributed by atoms with Crippen LogP contribution in [0, 0.1) is 12.8 Å². The predicted octanol–water partition coefficient (Wildman–Crippen LogP) is 1.01. The molecule has 24 heavy (non-hydrogen) atoms.